The summed E-state index contributed by atoms with van der Waals surface area (Å²) in [6.07, 6.45) is -6.31. The van der Waals surface area contributed by atoms with Crippen LogP contribution in [-0.2, 0) is 15.5 Å². The largest absolute Gasteiger partial charge is 0.467 e. The number of carbonyl (C=O) groups is 1. The summed E-state index contributed by atoms with van der Waals surface area (Å²) in [4.78, 5) is 10.7. The molecule has 2 nitrogen and oxygen atoms in total. The number of ether oxygens (including phenoxy) is 1. The van der Waals surface area contributed by atoms with Gasteiger partial charge in [0.1, 0.15) is 0 Å². The number of alkyl halides is 6. The monoisotopic (exact) mass is 316 g/mol. The van der Waals surface area contributed by atoms with Crippen molar-refractivity contribution < 1.29 is 40.3 Å². The number of carbonyl (C=O) groups excluding carboxylic acids is 1. The molecule has 1 atom stereocenters. The summed E-state index contributed by atoms with van der Waals surface area (Å²) in [7, 11) is 0. The summed E-state index contributed by atoms with van der Waals surface area (Å²) < 4.78 is 94.7. The smallest absolute Gasteiger partial charge is 0.409 e. The number of esters is 1. The summed E-state index contributed by atoms with van der Waals surface area (Å²) in [5.41, 5.74) is -1.40. The van der Waals surface area contributed by atoms with Crippen LogP contribution in [0.25, 0.3) is 0 Å². The lowest BCUT2D eigenvalue weighted by Crippen LogP contribution is -2.56. The molecular formula is C12H7F7O2. The molecule has 0 radical (unpaired) electrons. The number of hydrogen-bond acceptors (Lipinski definition) is 2. The van der Waals surface area contributed by atoms with Gasteiger partial charge in [0, 0.05) is 5.56 Å². The highest BCUT2D eigenvalue weighted by atomic mass is 19.4. The van der Waals surface area contributed by atoms with Crippen LogP contribution in [0.15, 0.2) is 42.7 Å². The normalized spacial score (nSPS) is 15.2. The zero-order valence-electron chi connectivity index (χ0n) is 10.1. The molecule has 0 spiro atoms. The molecule has 1 aromatic carbocycles. The van der Waals surface area contributed by atoms with Crippen LogP contribution in [0.4, 0.5) is 30.7 Å². The van der Waals surface area contributed by atoms with Gasteiger partial charge < -0.3 is 4.74 Å². The van der Waals surface area contributed by atoms with E-state index in [0.29, 0.717) is 12.1 Å². The number of halogens is 7. The Hall–Kier alpha value is -2.06. The highest BCUT2D eigenvalue weighted by molar-refractivity contribution is 5.85. The van der Waals surface area contributed by atoms with Crippen LogP contribution >= 0.6 is 0 Å². The molecule has 0 N–H and O–H groups in total. The number of hydrogen-bond donors (Lipinski definition) is 0. The molecule has 0 aliphatic heterocycles. The van der Waals surface area contributed by atoms with Gasteiger partial charge in [-0.2, -0.15) is 30.7 Å². The lowest BCUT2D eigenvalue weighted by Gasteiger charge is -2.33. The van der Waals surface area contributed by atoms with E-state index in [1.54, 1.807) is 0 Å². The topological polar surface area (TPSA) is 26.3 Å². The van der Waals surface area contributed by atoms with Crippen LogP contribution in [0.3, 0.4) is 0 Å². The van der Waals surface area contributed by atoms with Crippen LogP contribution in [0, 0.1) is 0 Å². The van der Waals surface area contributed by atoms with E-state index >= 15 is 0 Å². The second-order valence-electron chi connectivity index (χ2n) is 3.83. The highest BCUT2D eigenvalue weighted by Gasteiger charge is 2.75. The second-order valence-corrected chi connectivity index (χ2v) is 3.83. The van der Waals surface area contributed by atoms with E-state index in [0.717, 1.165) is 12.1 Å². The molecule has 9 heteroatoms. The van der Waals surface area contributed by atoms with Crippen molar-refractivity contribution in [3.8, 4) is 0 Å². The maximum Gasteiger partial charge on any atom is 0.467 e. The molecule has 0 aromatic heterocycles. The van der Waals surface area contributed by atoms with E-state index < -0.39 is 35.3 Å². The Labute approximate surface area is 113 Å². The van der Waals surface area contributed by atoms with E-state index in [1.807, 2.05) is 0 Å². The van der Waals surface area contributed by atoms with Crippen LogP contribution in [0.1, 0.15) is 5.56 Å². The molecule has 21 heavy (non-hydrogen) atoms. The molecule has 0 aliphatic rings. The van der Waals surface area contributed by atoms with E-state index in [1.165, 1.54) is 6.07 Å². The number of benzene rings is 1. The van der Waals surface area contributed by atoms with E-state index in [-0.39, 0.29) is 0 Å². The van der Waals surface area contributed by atoms with Crippen molar-refractivity contribution in [2.45, 2.75) is 18.0 Å². The fourth-order valence-corrected chi connectivity index (χ4v) is 1.32. The molecule has 0 fully saturated rings. The maximum atomic E-state index is 13.8. The molecule has 1 rings (SSSR count). The van der Waals surface area contributed by atoms with Gasteiger partial charge in [-0.15, -0.1) is 0 Å². The first-order valence-electron chi connectivity index (χ1n) is 5.20. The second kappa shape index (κ2) is 5.38. The molecule has 116 valence electrons. The summed E-state index contributed by atoms with van der Waals surface area (Å²) in [5, 5.41) is 0. The molecule has 0 saturated carbocycles. The third kappa shape index (κ3) is 3.01. The van der Waals surface area contributed by atoms with Crippen molar-refractivity contribution >= 4 is 5.97 Å². The van der Waals surface area contributed by atoms with Gasteiger partial charge in [0.2, 0.25) is 5.83 Å². The summed E-state index contributed by atoms with van der Waals surface area (Å²) >= 11 is 0. The van der Waals surface area contributed by atoms with Crippen molar-refractivity contribution in [1.82, 2.24) is 0 Å². The minimum atomic E-state index is -6.31. The molecule has 0 aliphatic carbocycles. The van der Waals surface area contributed by atoms with E-state index in [9.17, 15) is 35.5 Å². The van der Waals surface area contributed by atoms with Crippen LogP contribution in [-0.4, -0.2) is 18.0 Å². The van der Waals surface area contributed by atoms with Gasteiger partial charge in [-0.1, -0.05) is 36.9 Å². The molecule has 0 heterocycles. The number of rotatable bonds is 4. The zero-order chi connectivity index (χ0) is 16.5. The fraction of sp³-hybridized carbons (Fsp3) is 0.250. The summed E-state index contributed by atoms with van der Waals surface area (Å²) in [6.45, 7) is 2.26. The Morgan fingerprint density at radius 2 is 1.48 bits per heavy atom. The molecular weight excluding hydrogens is 309 g/mol. The van der Waals surface area contributed by atoms with E-state index in [4.69, 9.17) is 0 Å². The Morgan fingerprint density at radius 3 is 1.86 bits per heavy atom. The standard InChI is InChI=1S/C12H7F7O2/c1-7(13)9(20)21-11(16,12(17,18)19)10(14,15)8-5-3-2-4-6-8/h2-6H,1H2. The SMILES string of the molecule is C=C(F)C(=O)OC(F)(C(F)(F)F)C(F)(F)c1ccccc1. The zero-order valence-corrected chi connectivity index (χ0v) is 10.1. The minimum absolute atomic E-state index is 0.498. The van der Waals surface area contributed by atoms with Gasteiger partial charge in [-0.05, 0) is 0 Å². The van der Waals surface area contributed by atoms with Crippen LogP contribution in [0.2, 0.25) is 0 Å². The van der Waals surface area contributed by atoms with Gasteiger partial charge in [0.15, 0.2) is 0 Å². The Morgan fingerprint density at radius 1 is 1.00 bits per heavy atom. The van der Waals surface area contributed by atoms with E-state index in [2.05, 4.69) is 11.3 Å². The maximum absolute atomic E-state index is 13.8. The van der Waals surface area contributed by atoms with Gasteiger partial charge in [-0.25, -0.2) is 4.79 Å². The lowest BCUT2D eigenvalue weighted by molar-refractivity contribution is -0.390. The van der Waals surface area contributed by atoms with Crippen molar-refractivity contribution in [1.29, 1.82) is 0 Å². The van der Waals surface area contributed by atoms with Crippen LogP contribution < -0.4 is 0 Å². The average Bonchev–Trinajstić information content (AvgIpc) is 2.37. The summed E-state index contributed by atoms with van der Waals surface area (Å²) in [5.74, 6) is -15.8. The molecule has 1 unspecified atom stereocenters. The van der Waals surface area contributed by atoms with Gasteiger partial charge in [0.05, 0.1) is 0 Å². The van der Waals surface area contributed by atoms with Crippen molar-refractivity contribution in [3.63, 3.8) is 0 Å². The van der Waals surface area contributed by atoms with Gasteiger partial charge in [0.25, 0.3) is 0 Å². The van der Waals surface area contributed by atoms with Gasteiger partial charge >= 0.3 is 23.9 Å². The predicted molar refractivity (Wildman–Crippen MR) is 56.6 cm³/mol. The first-order chi connectivity index (χ1) is 9.43. The van der Waals surface area contributed by atoms with Crippen molar-refractivity contribution in [3.05, 3.63) is 48.3 Å². The fourth-order valence-electron chi connectivity index (χ4n) is 1.32. The van der Waals surface area contributed by atoms with Gasteiger partial charge in [-0.3, -0.25) is 0 Å². The Balaban J connectivity index is 3.38. The minimum Gasteiger partial charge on any atom is -0.409 e. The Kier molecular flexibility index (Phi) is 4.35. The highest BCUT2D eigenvalue weighted by Crippen LogP contribution is 2.51. The Bertz CT molecular complexity index is 538. The van der Waals surface area contributed by atoms with Crippen molar-refractivity contribution in [2.75, 3.05) is 0 Å². The molecule has 0 saturated heterocycles. The first kappa shape index (κ1) is 17.0. The third-order valence-corrected chi connectivity index (χ3v) is 2.36. The average molecular weight is 316 g/mol. The molecule has 0 bridgehead atoms. The quantitative estimate of drug-likeness (QED) is 0.476. The van der Waals surface area contributed by atoms with Crippen LogP contribution in [0.5, 0.6) is 0 Å². The summed E-state index contributed by atoms with van der Waals surface area (Å²) in [6, 6.07) is 4.05. The lowest BCUT2D eigenvalue weighted by atomic mass is 10.0. The molecule has 1 aromatic rings. The predicted octanol–water partition coefficient (Wildman–Crippen LogP) is 4.03. The molecule has 0 amide bonds. The first-order valence-corrected chi connectivity index (χ1v) is 5.20. The van der Waals surface area contributed by atoms with Crippen molar-refractivity contribution in [2.24, 2.45) is 0 Å². The third-order valence-electron chi connectivity index (χ3n) is 2.36.